The van der Waals surface area contributed by atoms with Gasteiger partial charge in [0.1, 0.15) is 5.82 Å². The number of anilines is 1. The molecule has 8 nitrogen and oxygen atoms in total. The average molecular weight is 426 g/mol. The summed E-state index contributed by atoms with van der Waals surface area (Å²) in [5.74, 6) is 1.04. The second-order valence-corrected chi connectivity index (χ2v) is 9.07. The zero-order valence-corrected chi connectivity index (χ0v) is 18.2. The number of likely N-dealkylation sites (tertiary alicyclic amines) is 1. The number of amides is 1. The highest BCUT2D eigenvalue weighted by Crippen LogP contribution is 2.33. The first-order valence-electron chi connectivity index (χ1n) is 10.6. The minimum absolute atomic E-state index is 0.0313. The normalized spacial score (nSPS) is 22.2. The van der Waals surface area contributed by atoms with E-state index in [-0.39, 0.29) is 18.0 Å². The van der Waals surface area contributed by atoms with Crippen LogP contribution in [0.15, 0.2) is 17.6 Å². The van der Waals surface area contributed by atoms with E-state index >= 15 is 0 Å². The van der Waals surface area contributed by atoms with Crippen LogP contribution in [-0.4, -0.2) is 55.5 Å². The third-order valence-electron chi connectivity index (χ3n) is 6.23. The van der Waals surface area contributed by atoms with Gasteiger partial charge in [0.05, 0.1) is 23.0 Å². The van der Waals surface area contributed by atoms with Crippen LogP contribution in [0, 0.1) is 13.8 Å². The van der Waals surface area contributed by atoms with E-state index in [1.807, 2.05) is 34.0 Å². The Balaban J connectivity index is 1.48. The van der Waals surface area contributed by atoms with Crippen molar-refractivity contribution in [1.29, 1.82) is 0 Å². The summed E-state index contributed by atoms with van der Waals surface area (Å²) >= 11 is 1.33. The second kappa shape index (κ2) is 7.63. The number of aromatic nitrogens is 4. The molecule has 5 rings (SSSR count). The smallest absolute Gasteiger partial charge is 0.257 e. The van der Waals surface area contributed by atoms with Gasteiger partial charge in [-0.2, -0.15) is 9.47 Å². The van der Waals surface area contributed by atoms with Crippen LogP contribution in [0.3, 0.4) is 0 Å². The van der Waals surface area contributed by atoms with Gasteiger partial charge in [-0.25, -0.2) is 9.50 Å². The van der Waals surface area contributed by atoms with Crippen molar-refractivity contribution in [3.8, 4) is 0 Å². The van der Waals surface area contributed by atoms with Crippen LogP contribution < -0.4 is 10.6 Å². The highest BCUT2D eigenvalue weighted by molar-refractivity contribution is 7.03. The summed E-state index contributed by atoms with van der Waals surface area (Å²) in [4.78, 5) is 22.3. The average Bonchev–Trinajstić information content (AvgIpc) is 3.46. The number of nitrogens with zero attached hydrogens (tertiary/aromatic N) is 6. The Morgan fingerprint density at radius 2 is 2.10 bits per heavy atom. The highest BCUT2D eigenvalue weighted by atomic mass is 32.1. The van der Waals surface area contributed by atoms with E-state index in [4.69, 9.17) is 15.8 Å². The number of carbonyl (C=O) groups excluding carboxylic acids is 1. The van der Waals surface area contributed by atoms with Gasteiger partial charge in [-0.1, -0.05) is 0 Å². The first-order chi connectivity index (χ1) is 14.5. The van der Waals surface area contributed by atoms with Crippen molar-refractivity contribution in [1.82, 2.24) is 23.9 Å². The molecule has 9 heteroatoms. The van der Waals surface area contributed by atoms with Crippen LogP contribution in [0.1, 0.15) is 59.0 Å². The van der Waals surface area contributed by atoms with Crippen LogP contribution in [0.25, 0.3) is 5.65 Å². The van der Waals surface area contributed by atoms with Crippen LogP contribution >= 0.6 is 11.5 Å². The summed E-state index contributed by atoms with van der Waals surface area (Å²) in [5.41, 5.74) is 10.4. The molecule has 0 saturated carbocycles. The van der Waals surface area contributed by atoms with Crippen LogP contribution in [-0.2, 0) is 0 Å². The van der Waals surface area contributed by atoms with Crippen molar-refractivity contribution >= 4 is 28.9 Å². The lowest BCUT2D eigenvalue weighted by Crippen LogP contribution is -2.38. The quantitative estimate of drug-likeness (QED) is 0.694. The van der Waals surface area contributed by atoms with Crippen LogP contribution in [0.5, 0.6) is 0 Å². The molecule has 3 aromatic heterocycles. The molecule has 30 heavy (non-hydrogen) atoms. The lowest BCUT2D eigenvalue weighted by Gasteiger charge is -2.34. The maximum absolute atomic E-state index is 13.2. The third kappa shape index (κ3) is 3.35. The van der Waals surface area contributed by atoms with Crippen molar-refractivity contribution in [3.63, 3.8) is 0 Å². The fraction of sp³-hybridized carbons (Fsp3) is 0.524. The number of hydrogen-bond acceptors (Lipinski definition) is 7. The van der Waals surface area contributed by atoms with Crippen LogP contribution in [0.2, 0.25) is 0 Å². The first-order valence-corrected chi connectivity index (χ1v) is 11.4. The third-order valence-corrected chi connectivity index (χ3v) is 6.95. The Hall–Kier alpha value is -2.52. The van der Waals surface area contributed by atoms with Gasteiger partial charge < -0.3 is 15.5 Å². The molecular weight excluding hydrogens is 398 g/mol. The predicted octanol–water partition coefficient (Wildman–Crippen LogP) is 2.71. The van der Waals surface area contributed by atoms with Crippen LogP contribution in [0.4, 0.5) is 5.82 Å². The first kappa shape index (κ1) is 19.4. The minimum Gasteiger partial charge on any atom is -0.355 e. The molecule has 0 aromatic carbocycles. The fourth-order valence-corrected chi connectivity index (χ4v) is 5.30. The van der Waals surface area contributed by atoms with Gasteiger partial charge in [-0.15, -0.1) is 0 Å². The summed E-state index contributed by atoms with van der Waals surface area (Å²) < 4.78 is 6.12. The van der Waals surface area contributed by atoms with Gasteiger partial charge in [-0.3, -0.25) is 4.79 Å². The van der Waals surface area contributed by atoms with E-state index in [9.17, 15) is 4.79 Å². The molecule has 1 amide bonds. The highest BCUT2D eigenvalue weighted by Gasteiger charge is 2.32. The maximum atomic E-state index is 13.2. The van der Waals surface area contributed by atoms with Crippen molar-refractivity contribution in [2.45, 2.75) is 51.6 Å². The van der Waals surface area contributed by atoms with Crippen molar-refractivity contribution < 1.29 is 4.79 Å². The maximum Gasteiger partial charge on any atom is 0.257 e. The number of hydrogen-bond donors (Lipinski definition) is 1. The zero-order chi connectivity index (χ0) is 20.8. The Morgan fingerprint density at radius 1 is 1.23 bits per heavy atom. The molecule has 0 bridgehead atoms. The molecule has 2 aliphatic rings. The minimum atomic E-state index is -0.0313. The molecular formula is C21H27N7OS. The molecule has 0 spiro atoms. The number of piperidine rings is 1. The Morgan fingerprint density at radius 3 is 2.83 bits per heavy atom. The summed E-state index contributed by atoms with van der Waals surface area (Å²) in [6.07, 6.45) is 6.05. The Bertz CT molecular complexity index is 1090. The number of carbonyl (C=O) groups is 1. The second-order valence-electron chi connectivity index (χ2n) is 8.44. The molecule has 5 heterocycles. The zero-order valence-electron chi connectivity index (χ0n) is 17.4. The molecule has 0 aliphatic carbocycles. The topological polar surface area (TPSA) is 92.6 Å². The standard InChI is InChI=1S/C21H27N7OS/c1-13-10-28-19(23-20(13)26-8-6-15(22)11-26)9-17(24-28)18-5-3-4-7-27(18)21(29)16-12-30-25-14(16)2/h9-10,12,15,18H,3-8,11,22H2,1-2H3/t15-,18-/m0/s1. The van der Waals surface area contributed by atoms with E-state index in [2.05, 4.69) is 16.2 Å². The van der Waals surface area contributed by atoms with Gasteiger partial charge in [0.15, 0.2) is 5.65 Å². The molecule has 0 unspecified atom stereocenters. The molecule has 158 valence electrons. The van der Waals surface area contributed by atoms with Crippen molar-refractivity contribution in [2.75, 3.05) is 24.5 Å². The van der Waals surface area contributed by atoms with Gasteiger partial charge in [0, 0.05) is 48.9 Å². The number of fused-ring (bicyclic) bond motifs is 1. The summed E-state index contributed by atoms with van der Waals surface area (Å²) in [7, 11) is 0. The largest absolute Gasteiger partial charge is 0.355 e. The predicted molar refractivity (Wildman–Crippen MR) is 117 cm³/mol. The summed E-state index contributed by atoms with van der Waals surface area (Å²) in [6.45, 7) is 6.48. The monoisotopic (exact) mass is 425 g/mol. The van der Waals surface area contributed by atoms with Gasteiger partial charge in [-0.05, 0) is 51.1 Å². The van der Waals surface area contributed by atoms with E-state index in [1.165, 1.54) is 11.5 Å². The number of aryl methyl sites for hydroxylation is 2. The summed E-state index contributed by atoms with van der Waals surface area (Å²) in [6, 6.07) is 2.21. The molecule has 2 fully saturated rings. The lowest BCUT2D eigenvalue weighted by atomic mass is 9.98. The van der Waals surface area contributed by atoms with E-state index < -0.39 is 0 Å². The lowest BCUT2D eigenvalue weighted by molar-refractivity contribution is 0.0605. The van der Waals surface area contributed by atoms with E-state index in [0.717, 1.165) is 73.7 Å². The Labute approximate surface area is 179 Å². The molecule has 3 aromatic rings. The van der Waals surface area contributed by atoms with E-state index in [1.54, 1.807) is 0 Å². The number of rotatable bonds is 3. The fourth-order valence-electron chi connectivity index (χ4n) is 4.62. The summed E-state index contributed by atoms with van der Waals surface area (Å²) in [5, 5.41) is 6.67. The molecule has 2 saturated heterocycles. The number of nitrogens with two attached hydrogens (primary N) is 1. The molecule has 2 aliphatic heterocycles. The van der Waals surface area contributed by atoms with E-state index in [0.29, 0.717) is 5.56 Å². The van der Waals surface area contributed by atoms with Crippen molar-refractivity contribution in [2.24, 2.45) is 5.73 Å². The SMILES string of the molecule is Cc1cn2nc([C@@H]3CCCCN3C(=O)c3csnc3C)cc2nc1N1CC[C@H](N)C1. The molecule has 2 atom stereocenters. The van der Waals surface area contributed by atoms with Gasteiger partial charge >= 0.3 is 0 Å². The Kier molecular flexibility index (Phi) is 4.94. The van der Waals surface area contributed by atoms with Gasteiger partial charge in [0.25, 0.3) is 5.91 Å². The molecule has 0 radical (unpaired) electrons. The molecule has 2 N–H and O–H groups in total. The van der Waals surface area contributed by atoms with Crippen molar-refractivity contribution in [3.05, 3.63) is 40.2 Å². The van der Waals surface area contributed by atoms with Gasteiger partial charge in [0.2, 0.25) is 0 Å².